The molecule has 0 aliphatic rings. The molecular formula is C20H16ClFN2O2. The van der Waals surface area contributed by atoms with Gasteiger partial charge in [-0.1, -0.05) is 35.9 Å². The number of halogens is 2. The summed E-state index contributed by atoms with van der Waals surface area (Å²) in [4.78, 5) is 24.6. The van der Waals surface area contributed by atoms with Crippen LogP contribution in [0.4, 0.5) is 10.1 Å². The van der Waals surface area contributed by atoms with Gasteiger partial charge in [-0.25, -0.2) is 4.39 Å². The summed E-state index contributed by atoms with van der Waals surface area (Å²) in [5.74, 6) is -0.855. The molecular weight excluding hydrogens is 355 g/mol. The van der Waals surface area contributed by atoms with Crippen LogP contribution in [0.25, 0.3) is 0 Å². The second-order valence-electron chi connectivity index (χ2n) is 5.85. The molecule has 0 saturated carbocycles. The summed E-state index contributed by atoms with van der Waals surface area (Å²) < 4.78 is 15.2. The minimum absolute atomic E-state index is 0.0597. The number of carbonyl (C=O) groups excluding carboxylic acids is 1. The van der Waals surface area contributed by atoms with E-state index in [1.807, 2.05) is 25.1 Å². The van der Waals surface area contributed by atoms with Crippen molar-refractivity contribution in [2.24, 2.45) is 0 Å². The Morgan fingerprint density at radius 1 is 1.12 bits per heavy atom. The molecule has 0 radical (unpaired) electrons. The molecule has 1 aromatic heterocycles. The molecule has 2 aromatic carbocycles. The van der Waals surface area contributed by atoms with Crippen molar-refractivity contribution in [1.82, 2.24) is 4.57 Å². The summed E-state index contributed by atoms with van der Waals surface area (Å²) in [6.07, 6.45) is 1.40. The Labute approximate surface area is 154 Å². The first kappa shape index (κ1) is 17.9. The summed E-state index contributed by atoms with van der Waals surface area (Å²) in [5.41, 5.74) is 1.75. The number of aromatic nitrogens is 1. The largest absolute Gasteiger partial charge is 0.322 e. The lowest BCUT2D eigenvalue weighted by molar-refractivity contribution is 0.102. The highest BCUT2D eigenvalue weighted by Gasteiger charge is 2.12. The molecule has 0 unspecified atom stereocenters. The van der Waals surface area contributed by atoms with E-state index >= 15 is 0 Å². The van der Waals surface area contributed by atoms with Gasteiger partial charge in [0.1, 0.15) is 5.82 Å². The third kappa shape index (κ3) is 3.83. The van der Waals surface area contributed by atoms with E-state index < -0.39 is 5.82 Å². The molecule has 3 aromatic rings. The van der Waals surface area contributed by atoms with Crippen LogP contribution in [0.5, 0.6) is 0 Å². The van der Waals surface area contributed by atoms with Crippen LogP contribution in [0.15, 0.2) is 65.6 Å². The number of hydrogen-bond acceptors (Lipinski definition) is 2. The van der Waals surface area contributed by atoms with Crippen molar-refractivity contribution >= 4 is 23.2 Å². The van der Waals surface area contributed by atoms with Crippen LogP contribution >= 0.6 is 11.6 Å². The third-order valence-electron chi connectivity index (χ3n) is 4.03. The maximum atomic E-state index is 14.0. The predicted molar refractivity (Wildman–Crippen MR) is 100 cm³/mol. The maximum absolute atomic E-state index is 14.0. The number of nitrogens with one attached hydrogen (secondary N) is 1. The Balaban J connectivity index is 1.89. The lowest BCUT2D eigenvalue weighted by Gasteiger charge is -2.11. The first-order valence-corrected chi connectivity index (χ1v) is 8.34. The zero-order chi connectivity index (χ0) is 18.7. The van der Waals surface area contributed by atoms with Gasteiger partial charge in [0, 0.05) is 28.5 Å². The van der Waals surface area contributed by atoms with Crippen LogP contribution in [-0.2, 0) is 6.54 Å². The summed E-state index contributed by atoms with van der Waals surface area (Å²) in [5, 5.41) is 3.03. The van der Waals surface area contributed by atoms with Crippen LogP contribution < -0.4 is 10.9 Å². The van der Waals surface area contributed by atoms with E-state index in [4.69, 9.17) is 11.6 Å². The standard InChI is InChI=1S/C20H16ClFN2O2/c1-13-5-2-3-8-18(13)23-20(26)14-9-10-19(25)24(11-14)12-15-16(21)6-4-7-17(15)22/h2-11H,12H2,1H3,(H,23,26). The van der Waals surface area contributed by atoms with Crippen molar-refractivity contribution < 1.29 is 9.18 Å². The lowest BCUT2D eigenvalue weighted by atomic mass is 10.1. The highest BCUT2D eigenvalue weighted by molar-refractivity contribution is 6.31. The monoisotopic (exact) mass is 370 g/mol. The van der Waals surface area contributed by atoms with Crippen molar-refractivity contribution in [1.29, 1.82) is 0 Å². The summed E-state index contributed by atoms with van der Waals surface area (Å²) in [7, 11) is 0. The minimum Gasteiger partial charge on any atom is -0.322 e. The summed E-state index contributed by atoms with van der Waals surface area (Å²) in [6, 6.07) is 14.4. The van der Waals surface area contributed by atoms with Gasteiger partial charge in [0.15, 0.2) is 0 Å². The van der Waals surface area contributed by atoms with Gasteiger partial charge < -0.3 is 9.88 Å². The van der Waals surface area contributed by atoms with E-state index in [1.54, 1.807) is 12.1 Å². The Morgan fingerprint density at radius 2 is 1.88 bits per heavy atom. The van der Waals surface area contributed by atoms with Crippen molar-refractivity contribution in [3.05, 3.63) is 98.7 Å². The van der Waals surface area contributed by atoms with E-state index in [1.165, 1.54) is 35.0 Å². The summed E-state index contributed by atoms with van der Waals surface area (Å²) in [6.45, 7) is 1.83. The predicted octanol–water partition coefficient (Wildman–Crippen LogP) is 4.25. The molecule has 0 fully saturated rings. The molecule has 1 amide bonds. The molecule has 3 rings (SSSR count). The molecule has 6 heteroatoms. The average molecular weight is 371 g/mol. The Kier molecular flexibility index (Phi) is 5.19. The number of anilines is 1. The second-order valence-corrected chi connectivity index (χ2v) is 6.26. The number of pyridine rings is 1. The van der Waals surface area contributed by atoms with E-state index in [-0.39, 0.29) is 28.6 Å². The van der Waals surface area contributed by atoms with Crippen LogP contribution in [0.3, 0.4) is 0 Å². The normalized spacial score (nSPS) is 10.6. The average Bonchev–Trinajstić information content (AvgIpc) is 2.61. The number of carbonyl (C=O) groups is 1. The van der Waals surface area contributed by atoms with Gasteiger partial charge in [-0.15, -0.1) is 0 Å². The zero-order valence-electron chi connectivity index (χ0n) is 14.0. The first-order chi connectivity index (χ1) is 12.5. The van der Waals surface area contributed by atoms with Gasteiger partial charge in [-0.2, -0.15) is 0 Å². The molecule has 1 heterocycles. The molecule has 0 spiro atoms. The molecule has 0 atom stereocenters. The van der Waals surface area contributed by atoms with Crippen molar-refractivity contribution in [2.75, 3.05) is 5.32 Å². The topological polar surface area (TPSA) is 51.1 Å². The lowest BCUT2D eigenvalue weighted by Crippen LogP contribution is -2.23. The van der Waals surface area contributed by atoms with Crippen LogP contribution in [0.1, 0.15) is 21.5 Å². The second kappa shape index (κ2) is 7.54. The fourth-order valence-electron chi connectivity index (χ4n) is 2.55. The van der Waals surface area contributed by atoms with Crippen LogP contribution in [0.2, 0.25) is 5.02 Å². The molecule has 26 heavy (non-hydrogen) atoms. The minimum atomic E-state index is -0.501. The molecule has 0 aliphatic carbocycles. The Hall–Kier alpha value is -2.92. The van der Waals surface area contributed by atoms with Crippen molar-refractivity contribution in [3.8, 4) is 0 Å². The highest BCUT2D eigenvalue weighted by atomic mass is 35.5. The number of hydrogen-bond donors (Lipinski definition) is 1. The fraction of sp³-hybridized carbons (Fsp3) is 0.100. The van der Waals surface area contributed by atoms with Gasteiger partial charge in [0.05, 0.1) is 12.1 Å². The molecule has 132 valence electrons. The number of nitrogens with zero attached hydrogens (tertiary/aromatic N) is 1. The highest BCUT2D eigenvalue weighted by Crippen LogP contribution is 2.20. The quantitative estimate of drug-likeness (QED) is 0.746. The number of benzene rings is 2. The molecule has 1 N–H and O–H groups in total. The van der Waals surface area contributed by atoms with Crippen LogP contribution in [0, 0.1) is 12.7 Å². The molecule has 0 bridgehead atoms. The smallest absolute Gasteiger partial charge is 0.257 e. The summed E-state index contributed by atoms with van der Waals surface area (Å²) >= 11 is 6.02. The van der Waals surface area contributed by atoms with Crippen LogP contribution in [-0.4, -0.2) is 10.5 Å². The molecule has 4 nitrogen and oxygen atoms in total. The third-order valence-corrected chi connectivity index (χ3v) is 4.38. The Morgan fingerprint density at radius 3 is 2.62 bits per heavy atom. The maximum Gasteiger partial charge on any atom is 0.257 e. The molecule has 0 saturated heterocycles. The zero-order valence-corrected chi connectivity index (χ0v) is 14.8. The number of rotatable bonds is 4. The first-order valence-electron chi connectivity index (χ1n) is 7.96. The van der Waals surface area contributed by atoms with Crippen molar-refractivity contribution in [2.45, 2.75) is 13.5 Å². The van der Waals surface area contributed by atoms with Gasteiger partial charge >= 0.3 is 0 Å². The van der Waals surface area contributed by atoms with E-state index in [9.17, 15) is 14.0 Å². The van der Waals surface area contributed by atoms with E-state index in [0.29, 0.717) is 11.3 Å². The van der Waals surface area contributed by atoms with Gasteiger partial charge in [-0.3, -0.25) is 9.59 Å². The molecule has 0 aliphatic heterocycles. The van der Waals surface area contributed by atoms with E-state index in [0.717, 1.165) is 5.56 Å². The fourth-order valence-corrected chi connectivity index (χ4v) is 2.77. The van der Waals surface area contributed by atoms with Crippen molar-refractivity contribution in [3.63, 3.8) is 0 Å². The van der Waals surface area contributed by atoms with E-state index in [2.05, 4.69) is 5.32 Å². The number of amides is 1. The Bertz CT molecular complexity index is 1010. The SMILES string of the molecule is Cc1ccccc1NC(=O)c1ccc(=O)n(Cc2c(F)cccc2Cl)c1. The van der Waals surface area contributed by atoms with Gasteiger partial charge in [0.2, 0.25) is 0 Å². The number of para-hydroxylation sites is 1. The van der Waals surface area contributed by atoms with Gasteiger partial charge in [-0.05, 0) is 36.8 Å². The number of aryl methyl sites for hydroxylation is 1. The van der Waals surface area contributed by atoms with Gasteiger partial charge in [0.25, 0.3) is 11.5 Å².